The molecule has 1 amide bonds. The van der Waals surface area contributed by atoms with Crippen LogP contribution in [-0.2, 0) is 11.8 Å². The Labute approximate surface area is 159 Å². The molecule has 3 aromatic rings. The standard InChI is InChI=1S/C22H25N3O2/c1-16(22(26)25-12-6-3-7-13-25)27-18-14-17-8-4-5-9-19(17)20(15-18)21-10-11-23-24(21)2/h4-5,8-11,14-16H,3,6-7,12-13H2,1-2H3. The Morgan fingerprint density at radius 3 is 2.63 bits per heavy atom. The zero-order chi connectivity index (χ0) is 18.8. The quantitative estimate of drug-likeness (QED) is 0.703. The fourth-order valence-electron chi connectivity index (χ4n) is 3.83. The Morgan fingerprint density at radius 1 is 1.11 bits per heavy atom. The highest BCUT2D eigenvalue weighted by Gasteiger charge is 2.24. The molecule has 1 aliphatic heterocycles. The molecule has 5 heteroatoms. The molecule has 1 atom stereocenters. The molecule has 0 N–H and O–H groups in total. The van der Waals surface area contributed by atoms with Gasteiger partial charge in [0.05, 0.1) is 5.69 Å². The number of hydrogen-bond donors (Lipinski definition) is 0. The number of rotatable bonds is 4. The van der Waals surface area contributed by atoms with Crippen molar-refractivity contribution in [2.24, 2.45) is 7.05 Å². The van der Waals surface area contributed by atoms with Gasteiger partial charge in [-0.3, -0.25) is 9.48 Å². The minimum atomic E-state index is -0.497. The Bertz CT molecular complexity index is 957. The molecule has 0 saturated carbocycles. The number of benzene rings is 2. The van der Waals surface area contributed by atoms with E-state index in [0.29, 0.717) is 5.75 Å². The number of hydrogen-bond acceptors (Lipinski definition) is 3. The summed E-state index contributed by atoms with van der Waals surface area (Å²) in [7, 11) is 1.93. The van der Waals surface area contributed by atoms with Crippen LogP contribution in [-0.4, -0.2) is 39.8 Å². The second kappa shape index (κ2) is 7.43. The number of amides is 1. The van der Waals surface area contributed by atoms with Crippen LogP contribution >= 0.6 is 0 Å². The second-order valence-electron chi connectivity index (χ2n) is 7.18. The lowest BCUT2D eigenvalue weighted by Gasteiger charge is -2.29. The first-order valence-electron chi connectivity index (χ1n) is 9.60. The third-order valence-electron chi connectivity index (χ3n) is 5.26. The van der Waals surface area contributed by atoms with Crippen LogP contribution in [0.4, 0.5) is 0 Å². The fraction of sp³-hybridized carbons (Fsp3) is 0.364. The highest BCUT2D eigenvalue weighted by molar-refractivity contribution is 5.97. The van der Waals surface area contributed by atoms with Crippen molar-refractivity contribution < 1.29 is 9.53 Å². The largest absolute Gasteiger partial charge is 0.481 e. The molecule has 27 heavy (non-hydrogen) atoms. The van der Waals surface area contributed by atoms with Crippen molar-refractivity contribution in [2.45, 2.75) is 32.3 Å². The van der Waals surface area contributed by atoms with E-state index in [0.717, 1.165) is 48.0 Å². The number of aromatic nitrogens is 2. The van der Waals surface area contributed by atoms with Gasteiger partial charge in [0.25, 0.3) is 5.91 Å². The van der Waals surface area contributed by atoms with Gasteiger partial charge in [-0.25, -0.2) is 0 Å². The Balaban J connectivity index is 1.66. The molecule has 1 aliphatic rings. The number of carbonyl (C=O) groups is 1. The zero-order valence-electron chi connectivity index (χ0n) is 15.9. The summed E-state index contributed by atoms with van der Waals surface area (Å²) >= 11 is 0. The molecule has 0 bridgehead atoms. The number of aryl methyl sites for hydroxylation is 1. The predicted octanol–water partition coefficient (Wildman–Crippen LogP) is 4.02. The molecule has 5 nitrogen and oxygen atoms in total. The zero-order valence-corrected chi connectivity index (χ0v) is 15.9. The number of ether oxygens (including phenoxy) is 1. The Kier molecular flexibility index (Phi) is 4.84. The lowest BCUT2D eigenvalue weighted by molar-refractivity contribution is -0.138. The first-order valence-corrected chi connectivity index (χ1v) is 9.60. The van der Waals surface area contributed by atoms with Gasteiger partial charge in [-0.05, 0) is 55.2 Å². The van der Waals surface area contributed by atoms with E-state index >= 15 is 0 Å². The summed E-state index contributed by atoms with van der Waals surface area (Å²) < 4.78 is 7.95. The van der Waals surface area contributed by atoms with E-state index in [1.807, 2.05) is 53.9 Å². The van der Waals surface area contributed by atoms with Crippen molar-refractivity contribution >= 4 is 16.7 Å². The van der Waals surface area contributed by atoms with E-state index in [4.69, 9.17) is 4.74 Å². The molecule has 1 unspecified atom stereocenters. The van der Waals surface area contributed by atoms with Crippen molar-refractivity contribution in [3.63, 3.8) is 0 Å². The average Bonchev–Trinajstić information content (AvgIpc) is 3.13. The molecule has 1 fully saturated rings. The monoisotopic (exact) mass is 363 g/mol. The maximum absolute atomic E-state index is 12.7. The SMILES string of the molecule is CC(Oc1cc(-c2ccnn2C)c2ccccc2c1)C(=O)N1CCCCC1. The van der Waals surface area contributed by atoms with Crippen LogP contribution in [0, 0.1) is 0 Å². The van der Waals surface area contributed by atoms with E-state index in [1.54, 1.807) is 6.20 Å². The summed E-state index contributed by atoms with van der Waals surface area (Å²) in [6.07, 6.45) is 4.67. The van der Waals surface area contributed by atoms with Crippen LogP contribution in [0.2, 0.25) is 0 Å². The van der Waals surface area contributed by atoms with Gasteiger partial charge in [-0.1, -0.05) is 24.3 Å². The summed E-state index contributed by atoms with van der Waals surface area (Å²) in [6.45, 7) is 3.52. The molecular weight excluding hydrogens is 338 g/mol. The summed E-state index contributed by atoms with van der Waals surface area (Å²) in [6, 6.07) is 14.2. The lowest BCUT2D eigenvalue weighted by atomic mass is 10.0. The second-order valence-corrected chi connectivity index (χ2v) is 7.18. The van der Waals surface area contributed by atoms with Gasteiger partial charge in [0.1, 0.15) is 5.75 Å². The number of piperidine rings is 1. The summed E-state index contributed by atoms with van der Waals surface area (Å²) in [5, 5.41) is 6.52. The van der Waals surface area contributed by atoms with Crippen molar-refractivity contribution in [1.82, 2.24) is 14.7 Å². The third kappa shape index (κ3) is 3.54. The van der Waals surface area contributed by atoms with E-state index in [-0.39, 0.29) is 5.91 Å². The molecule has 2 heterocycles. The van der Waals surface area contributed by atoms with Crippen molar-refractivity contribution in [2.75, 3.05) is 13.1 Å². The first kappa shape index (κ1) is 17.6. The molecule has 140 valence electrons. The number of carbonyl (C=O) groups excluding carboxylic acids is 1. The van der Waals surface area contributed by atoms with Crippen molar-refractivity contribution in [1.29, 1.82) is 0 Å². The van der Waals surface area contributed by atoms with E-state index < -0.39 is 6.10 Å². The smallest absolute Gasteiger partial charge is 0.263 e. The molecule has 4 rings (SSSR count). The van der Waals surface area contributed by atoms with Gasteiger partial charge >= 0.3 is 0 Å². The third-order valence-corrected chi connectivity index (χ3v) is 5.26. The predicted molar refractivity (Wildman–Crippen MR) is 107 cm³/mol. The molecule has 0 aliphatic carbocycles. The topological polar surface area (TPSA) is 47.4 Å². The van der Waals surface area contributed by atoms with Crippen LogP contribution in [0.5, 0.6) is 5.75 Å². The minimum Gasteiger partial charge on any atom is -0.481 e. The Hall–Kier alpha value is -2.82. The van der Waals surface area contributed by atoms with Gasteiger partial charge in [0.15, 0.2) is 6.10 Å². The average molecular weight is 363 g/mol. The van der Waals surface area contributed by atoms with Crippen molar-refractivity contribution in [3.8, 4) is 17.0 Å². The van der Waals surface area contributed by atoms with E-state index in [9.17, 15) is 4.79 Å². The number of likely N-dealkylation sites (tertiary alicyclic amines) is 1. The number of nitrogens with zero attached hydrogens (tertiary/aromatic N) is 3. The minimum absolute atomic E-state index is 0.0740. The van der Waals surface area contributed by atoms with Crippen LogP contribution in [0.15, 0.2) is 48.7 Å². The summed E-state index contributed by atoms with van der Waals surface area (Å²) in [4.78, 5) is 14.6. The van der Waals surface area contributed by atoms with E-state index in [2.05, 4.69) is 17.2 Å². The van der Waals surface area contributed by atoms with Gasteiger partial charge < -0.3 is 9.64 Å². The molecule has 1 aromatic heterocycles. The highest BCUT2D eigenvalue weighted by Crippen LogP contribution is 2.33. The van der Waals surface area contributed by atoms with Gasteiger partial charge in [0, 0.05) is 31.9 Å². The van der Waals surface area contributed by atoms with Crippen LogP contribution in [0.25, 0.3) is 22.0 Å². The maximum atomic E-state index is 12.7. The van der Waals surface area contributed by atoms with E-state index in [1.165, 1.54) is 6.42 Å². The first-order chi connectivity index (χ1) is 13.1. The van der Waals surface area contributed by atoms with Crippen LogP contribution in [0.1, 0.15) is 26.2 Å². The van der Waals surface area contributed by atoms with Crippen LogP contribution in [0.3, 0.4) is 0 Å². The molecule has 2 aromatic carbocycles. The highest BCUT2D eigenvalue weighted by atomic mass is 16.5. The summed E-state index contributed by atoms with van der Waals surface area (Å²) in [5.41, 5.74) is 2.08. The molecule has 0 radical (unpaired) electrons. The molecule has 0 spiro atoms. The molecular formula is C22H25N3O2. The summed E-state index contributed by atoms with van der Waals surface area (Å²) in [5.74, 6) is 0.785. The maximum Gasteiger partial charge on any atom is 0.263 e. The lowest BCUT2D eigenvalue weighted by Crippen LogP contribution is -2.43. The normalized spacial score (nSPS) is 15.7. The van der Waals surface area contributed by atoms with Gasteiger partial charge in [-0.2, -0.15) is 5.10 Å². The van der Waals surface area contributed by atoms with Gasteiger partial charge in [0.2, 0.25) is 0 Å². The van der Waals surface area contributed by atoms with Crippen LogP contribution < -0.4 is 4.74 Å². The van der Waals surface area contributed by atoms with Crippen molar-refractivity contribution in [3.05, 3.63) is 48.7 Å². The van der Waals surface area contributed by atoms with Gasteiger partial charge in [-0.15, -0.1) is 0 Å². The number of fused-ring (bicyclic) bond motifs is 1. The Morgan fingerprint density at radius 2 is 1.89 bits per heavy atom. The molecule has 1 saturated heterocycles. The fourth-order valence-corrected chi connectivity index (χ4v) is 3.83.